The molecule has 0 aromatic heterocycles. The first-order valence-corrected chi connectivity index (χ1v) is 6.84. The molecule has 112 valence electrons. The third kappa shape index (κ3) is 4.21. The zero-order valence-corrected chi connectivity index (χ0v) is 12.7. The van der Waals surface area contributed by atoms with Gasteiger partial charge in [-0.1, -0.05) is 29.3 Å². The molecule has 1 amide bonds. The van der Waals surface area contributed by atoms with E-state index in [9.17, 15) is 18.0 Å². The van der Waals surface area contributed by atoms with Gasteiger partial charge in [-0.2, -0.15) is 13.2 Å². The van der Waals surface area contributed by atoms with Crippen molar-refractivity contribution >= 4 is 27.5 Å². The first kappa shape index (κ1) is 17.0. The summed E-state index contributed by atoms with van der Waals surface area (Å²) < 4.78 is 38.2. The van der Waals surface area contributed by atoms with Crippen LogP contribution in [0.2, 0.25) is 0 Å². The van der Waals surface area contributed by atoms with Gasteiger partial charge in [0.2, 0.25) is 5.91 Å². The maximum Gasteiger partial charge on any atom is 0.417 e. The van der Waals surface area contributed by atoms with E-state index >= 15 is 0 Å². The lowest BCUT2D eigenvalue weighted by Gasteiger charge is -2.23. The van der Waals surface area contributed by atoms with Gasteiger partial charge in [-0.05, 0) is 31.5 Å². The molecule has 0 aliphatic heterocycles. The molecule has 7 heteroatoms. The molecule has 0 aliphatic carbocycles. The summed E-state index contributed by atoms with van der Waals surface area (Å²) in [6.45, 7) is 3.43. The summed E-state index contributed by atoms with van der Waals surface area (Å²) in [6.07, 6.45) is -3.34. The fraction of sp³-hybridized carbons (Fsp3) is 0.462. The van der Waals surface area contributed by atoms with Crippen molar-refractivity contribution in [3.63, 3.8) is 0 Å². The van der Waals surface area contributed by atoms with Gasteiger partial charge in [0.25, 0.3) is 0 Å². The van der Waals surface area contributed by atoms with Crippen LogP contribution in [-0.4, -0.2) is 11.4 Å². The molecule has 3 nitrogen and oxygen atoms in total. The van der Waals surface area contributed by atoms with Gasteiger partial charge >= 0.3 is 6.18 Å². The van der Waals surface area contributed by atoms with Gasteiger partial charge in [0.1, 0.15) is 0 Å². The molecule has 0 spiro atoms. The molecular weight excluding hydrogens is 337 g/mol. The van der Waals surface area contributed by atoms with Crippen LogP contribution in [0.1, 0.15) is 32.3 Å². The Morgan fingerprint density at radius 3 is 2.50 bits per heavy atom. The van der Waals surface area contributed by atoms with Crippen molar-refractivity contribution in [2.24, 2.45) is 5.73 Å². The summed E-state index contributed by atoms with van der Waals surface area (Å²) in [6, 6.07) is 3.51. The normalized spacial score (nSPS) is 14.8. The van der Waals surface area contributed by atoms with Crippen molar-refractivity contribution in [3.05, 3.63) is 28.2 Å². The second-order valence-electron chi connectivity index (χ2n) is 4.81. The molecule has 0 bridgehead atoms. The summed E-state index contributed by atoms with van der Waals surface area (Å²) >= 11 is 2.84. The average molecular weight is 353 g/mol. The highest BCUT2D eigenvalue weighted by Gasteiger charge is 2.34. The number of halogens is 4. The second-order valence-corrected chi connectivity index (χ2v) is 5.67. The van der Waals surface area contributed by atoms with E-state index in [1.165, 1.54) is 12.1 Å². The summed E-state index contributed by atoms with van der Waals surface area (Å²) in [5.74, 6) is -0.505. The van der Waals surface area contributed by atoms with E-state index in [-0.39, 0.29) is 10.2 Å². The van der Waals surface area contributed by atoms with E-state index in [0.29, 0.717) is 12.8 Å². The number of rotatable bonds is 4. The highest BCUT2D eigenvalue weighted by molar-refractivity contribution is 9.10. The lowest BCUT2D eigenvalue weighted by Crippen LogP contribution is -2.48. The summed E-state index contributed by atoms with van der Waals surface area (Å²) in [4.78, 5) is 11.9. The van der Waals surface area contributed by atoms with Gasteiger partial charge in [-0.25, -0.2) is 0 Å². The van der Waals surface area contributed by atoms with Crippen molar-refractivity contribution in [2.45, 2.75) is 38.4 Å². The molecule has 1 atom stereocenters. The lowest BCUT2D eigenvalue weighted by molar-refractivity contribution is -0.138. The summed E-state index contributed by atoms with van der Waals surface area (Å²) in [5, 5.41) is 2.42. The zero-order chi connectivity index (χ0) is 15.6. The Kier molecular flexibility index (Phi) is 5.21. The van der Waals surface area contributed by atoms with Crippen molar-refractivity contribution in [3.8, 4) is 0 Å². The standard InChI is InChI=1S/C13H16BrF3N2O/c1-3-6-12(2,18)11(20)19-8-4-5-10(14)9(7-8)13(15,16)17/h4-5,7H,3,6,18H2,1-2H3,(H,19,20). The van der Waals surface area contributed by atoms with Crippen LogP contribution in [-0.2, 0) is 11.0 Å². The van der Waals surface area contributed by atoms with E-state index in [4.69, 9.17) is 5.73 Å². The summed E-state index contributed by atoms with van der Waals surface area (Å²) in [5.41, 5.74) is 3.94. The van der Waals surface area contributed by atoms with E-state index in [2.05, 4.69) is 21.2 Å². The number of hydrogen-bond acceptors (Lipinski definition) is 2. The molecule has 0 saturated carbocycles. The maximum absolute atomic E-state index is 12.8. The van der Waals surface area contributed by atoms with Crippen LogP contribution < -0.4 is 11.1 Å². The minimum atomic E-state index is -4.49. The van der Waals surface area contributed by atoms with Crippen LogP contribution in [0, 0.1) is 0 Å². The zero-order valence-electron chi connectivity index (χ0n) is 11.1. The molecule has 0 heterocycles. The quantitative estimate of drug-likeness (QED) is 0.862. The molecule has 0 aliphatic rings. The van der Waals surface area contributed by atoms with Crippen molar-refractivity contribution in [1.29, 1.82) is 0 Å². The Labute approximate surface area is 123 Å². The summed E-state index contributed by atoms with van der Waals surface area (Å²) in [7, 11) is 0. The number of carbonyl (C=O) groups excluding carboxylic acids is 1. The molecule has 1 aromatic carbocycles. The molecule has 0 fully saturated rings. The predicted octanol–water partition coefficient (Wildman–Crippen LogP) is 3.92. The van der Waals surface area contributed by atoms with Gasteiger partial charge in [0, 0.05) is 10.2 Å². The molecule has 3 N–H and O–H groups in total. The fourth-order valence-corrected chi connectivity index (χ4v) is 2.20. The number of carbonyl (C=O) groups is 1. The van der Waals surface area contributed by atoms with Crippen LogP contribution in [0.4, 0.5) is 18.9 Å². The Bertz CT molecular complexity index is 501. The highest BCUT2D eigenvalue weighted by atomic mass is 79.9. The number of benzene rings is 1. The Hall–Kier alpha value is -1.08. The first-order chi connectivity index (χ1) is 9.08. The Morgan fingerprint density at radius 1 is 1.40 bits per heavy atom. The number of anilines is 1. The van der Waals surface area contributed by atoms with Crippen LogP contribution in [0.25, 0.3) is 0 Å². The van der Waals surface area contributed by atoms with Crippen molar-refractivity contribution < 1.29 is 18.0 Å². The first-order valence-electron chi connectivity index (χ1n) is 6.05. The van der Waals surface area contributed by atoms with Crippen molar-refractivity contribution in [2.75, 3.05) is 5.32 Å². The number of nitrogens with one attached hydrogen (secondary N) is 1. The second kappa shape index (κ2) is 6.13. The average Bonchev–Trinajstić information content (AvgIpc) is 2.30. The number of amides is 1. The molecule has 0 radical (unpaired) electrons. The van der Waals surface area contributed by atoms with Gasteiger partial charge in [-0.15, -0.1) is 0 Å². The van der Waals surface area contributed by atoms with Crippen LogP contribution in [0.15, 0.2) is 22.7 Å². The van der Waals surface area contributed by atoms with Gasteiger partial charge in [0.15, 0.2) is 0 Å². The molecule has 1 unspecified atom stereocenters. The van der Waals surface area contributed by atoms with Gasteiger partial charge in [0.05, 0.1) is 11.1 Å². The topological polar surface area (TPSA) is 55.1 Å². The Balaban J connectivity index is 2.97. The van der Waals surface area contributed by atoms with E-state index in [1.807, 2.05) is 6.92 Å². The molecule has 1 aromatic rings. The molecular formula is C13H16BrF3N2O. The Morgan fingerprint density at radius 2 is 2.00 bits per heavy atom. The SMILES string of the molecule is CCCC(C)(N)C(=O)Nc1ccc(Br)c(C(F)(F)F)c1. The smallest absolute Gasteiger partial charge is 0.324 e. The monoisotopic (exact) mass is 352 g/mol. The minimum Gasteiger partial charge on any atom is -0.324 e. The van der Waals surface area contributed by atoms with E-state index in [1.54, 1.807) is 6.92 Å². The highest BCUT2D eigenvalue weighted by Crippen LogP contribution is 2.36. The lowest BCUT2D eigenvalue weighted by atomic mass is 9.96. The number of alkyl halides is 3. The largest absolute Gasteiger partial charge is 0.417 e. The minimum absolute atomic E-state index is 0.0679. The maximum atomic E-state index is 12.8. The van der Waals surface area contributed by atoms with Crippen LogP contribution in [0.5, 0.6) is 0 Å². The van der Waals surface area contributed by atoms with Gasteiger partial charge < -0.3 is 11.1 Å². The van der Waals surface area contributed by atoms with Gasteiger partial charge in [-0.3, -0.25) is 4.79 Å². The number of nitrogens with two attached hydrogens (primary N) is 1. The predicted molar refractivity (Wildman–Crippen MR) is 75.3 cm³/mol. The van der Waals surface area contributed by atoms with Crippen LogP contribution >= 0.6 is 15.9 Å². The van der Waals surface area contributed by atoms with E-state index in [0.717, 1.165) is 6.07 Å². The third-order valence-corrected chi connectivity index (χ3v) is 3.51. The molecule has 20 heavy (non-hydrogen) atoms. The van der Waals surface area contributed by atoms with Crippen LogP contribution in [0.3, 0.4) is 0 Å². The van der Waals surface area contributed by atoms with Crippen molar-refractivity contribution in [1.82, 2.24) is 0 Å². The number of hydrogen-bond donors (Lipinski definition) is 2. The molecule has 1 rings (SSSR count). The fourth-order valence-electron chi connectivity index (χ4n) is 1.73. The molecule has 0 saturated heterocycles. The third-order valence-electron chi connectivity index (χ3n) is 2.82. The van der Waals surface area contributed by atoms with E-state index < -0.39 is 23.2 Å².